The summed E-state index contributed by atoms with van der Waals surface area (Å²) < 4.78 is 1.72. The fraction of sp³-hybridized carbons (Fsp3) is 0.143. The summed E-state index contributed by atoms with van der Waals surface area (Å²) in [5.41, 5.74) is 6.30. The van der Waals surface area contributed by atoms with Crippen molar-refractivity contribution >= 4 is 31.9 Å². The van der Waals surface area contributed by atoms with Crippen LogP contribution in [0, 0.1) is 0 Å². The number of hydrogen-bond donors (Lipinski definition) is 1. The zero-order valence-electron chi connectivity index (χ0n) is 5.70. The molecule has 0 unspecified atom stereocenters. The van der Waals surface area contributed by atoms with Gasteiger partial charge in [-0.25, -0.2) is 0 Å². The van der Waals surface area contributed by atoms with Gasteiger partial charge >= 0.3 is 0 Å². The monoisotopic (exact) mass is 265 g/mol. The summed E-state index contributed by atoms with van der Waals surface area (Å²) in [4.78, 5) is 0. The first kappa shape index (κ1) is 9.98. The van der Waals surface area contributed by atoms with Gasteiger partial charge in [0.2, 0.25) is 0 Å². The molecule has 3 heteroatoms. The van der Waals surface area contributed by atoms with E-state index in [2.05, 4.69) is 38.4 Å². The van der Waals surface area contributed by atoms with E-state index in [9.17, 15) is 0 Å². The van der Waals surface area contributed by atoms with Gasteiger partial charge in [-0.15, -0.1) is 0 Å². The van der Waals surface area contributed by atoms with Crippen LogP contribution in [0.15, 0.2) is 33.4 Å². The Labute approximate surface area is 77.9 Å². The lowest BCUT2D eigenvalue weighted by Crippen LogP contribution is -1.83. The van der Waals surface area contributed by atoms with Crippen molar-refractivity contribution < 1.29 is 0 Å². The van der Waals surface area contributed by atoms with Gasteiger partial charge in [0.1, 0.15) is 0 Å². The van der Waals surface area contributed by atoms with Crippen molar-refractivity contribution in [1.82, 2.24) is 0 Å². The van der Waals surface area contributed by atoms with Crippen LogP contribution in [-0.2, 0) is 0 Å². The molecule has 10 heavy (non-hydrogen) atoms. The summed E-state index contributed by atoms with van der Waals surface area (Å²) in [5.74, 6) is 0. The predicted molar refractivity (Wildman–Crippen MR) is 53.0 cm³/mol. The number of halogens is 2. The Kier molecular flexibility index (Phi) is 4.73. The molecule has 0 fully saturated rings. The average molecular weight is 267 g/mol. The van der Waals surface area contributed by atoms with Crippen molar-refractivity contribution in [3.8, 4) is 0 Å². The van der Waals surface area contributed by atoms with E-state index in [0.29, 0.717) is 0 Å². The largest absolute Gasteiger partial charge is 0.404 e. The minimum Gasteiger partial charge on any atom is -0.404 e. The molecule has 0 rings (SSSR count). The normalized spacial score (nSPS) is 13.5. The molecule has 2 N–H and O–H groups in total. The highest BCUT2D eigenvalue weighted by atomic mass is 79.9. The quantitative estimate of drug-likeness (QED) is 0.764. The maximum Gasteiger partial charge on any atom is 0.0359 e. The van der Waals surface area contributed by atoms with E-state index in [1.807, 2.05) is 13.0 Å². The number of allylic oxidation sites excluding steroid dienone is 4. The smallest absolute Gasteiger partial charge is 0.0359 e. The molecule has 56 valence electrons. The molecule has 0 aliphatic carbocycles. The van der Waals surface area contributed by atoms with Gasteiger partial charge < -0.3 is 5.73 Å². The van der Waals surface area contributed by atoms with Gasteiger partial charge in [-0.3, -0.25) is 0 Å². The second-order valence-electron chi connectivity index (χ2n) is 1.79. The molecule has 0 aliphatic rings. The van der Waals surface area contributed by atoms with Crippen LogP contribution < -0.4 is 5.73 Å². The molecule has 0 aliphatic heterocycles. The summed E-state index contributed by atoms with van der Waals surface area (Å²) in [6, 6.07) is 0. The lowest BCUT2D eigenvalue weighted by Gasteiger charge is -1.95. The van der Waals surface area contributed by atoms with Crippen LogP contribution in [-0.4, -0.2) is 0 Å². The maximum atomic E-state index is 5.25. The van der Waals surface area contributed by atoms with E-state index >= 15 is 0 Å². The van der Waals surface area contributed by atoms with Crippen LogP contribution in [0.3, 0.4) is 0 Å². The van der Waals surface area contributed by atoms with Crippen molar-refractivity contribution in [2.45, 2.75) is 6.92 Å². The average Bonchev–Trinajstić information content (AvgIpc) is 1.85. The maximum absolute atomic E-state index is 5.25. The van der Waals surface area contributed by atoms with Gasteiger partial charge in [-0.05, 0) is 34.5 Å². The van der Waals surface area contributed by atoms with Gasteiger partial charge in [-0.1, -0.05) is 22.5 Å². The van der Waals surface area contributed by atoms with E-state index in [4.69, 9.17) is 5.73 Å². The summed E-state index contributed by atoms with van der Waals surface area (Å²) in [6.07, 6.45) is 3.38. The lowest BCUT2D eigenvalue weighted by molar-refractivity contribution is 1.46. The van der Waals surface area contributed by atoms with Crippen LogP contribution in [0.4, 0.5) is 0 Å². The van der Waals surface area contributed by atoms with Crippen LogP contribution >= 0.6 is 31.9 Å². The standard InChI is InChI=1S/C7H9Br2N/c1-5(3-6(2)8)7(9)4-10/h3-4H,2,10H2,1H3/b5-3-,7-4+. The number of rotatable bonds is 2. The first-order valence-corrected chi connectivity index (χ1v) is 4.27. The molecule has 0 aromatic carbocycles. The Bertz CT molecular complexity index is 192. The lowest BCUT2D eigenvalue weighted by atomic mass is 10.3. The zero-order chi connectivity index (χ0) is 8.15. The van der Waals surface area contributed by atoms with Crippen molar-refractivity contribution in [3.05, 3.63) is 33.4 Å². The summed E-state index contributed by atoms with van der Waals surface area (Å²) in [7, 11) is 0. The number of nitrogens with two attached hydrogens (primary N) is 1. The third-order valence-corrected chi connectivity index (χ3v) is 2.01. The molecule has 0 radical (unpaired) electrons. The van der Waals surface area contributed by atoms with E-state index in [1.165, 1.54) is 6.20 Å². The first-order chi connectivity index (χ1) is 4.57. The minimum atomic E-state index is 0.837. The van der Waals surface area contributed by atoms with E-state index in [-0.39, 0.29) is 0 Å². The van der Waals surface area contributed by atoms with Gasteiger partial charge in [0.15, 0.2) is 0 Å². The third-order valence-electron chi connectivity index (χ3n) is 0.896. The molecule has 0 aromatic rings. The van der Waals surface area contributed by atoms with Crippen molar-refractivity contribution in [3.63, 3.8) is 0 Å². The molecule has 1 nitrogen and oxygen atoms in total. The molecule has 0 bridgehead atoms. The Balaban J connectivity index is 4.35. The van der Waals surface area contributed by atoms with Crippen LogP contribution in [0.2, 0.25) is 0 Å². The van der Waals surface area contributed by atoms with E-state index < -0.39 is 0 Å². The van der Waals surface area contributed by atoms with Gasteiger partial charge in [0, 0.05) is 15.2 Å². The van der Waals surface area contributed by atoms with Crippen LogP contribution in [0.1, 0.15) is 6.92 Å². The highest BCUT2D eigenvalue weighted by Gasteiger charge is 1.92. The second kappa shape index (κ2) is 4.74. The first-order valence-electron chi connectivity index (χ1n) is 2.68. The predicted octanol–water partition coefficient (Wildman–Crippen LogP) is 3.04. The van der Waals surface area contributed by atoms with Crippen LogP contribution in [0.5, 0.6) is 0 Å². The van der Waals surface area contributed by atoms with Crippen molar-refractivity contribution in [2.75, 3.05) is 0 Å². The molecule has 0 saturated heterocycles. The fourth-order valence-corrected chi connectivity index (χ4v) is 0.893. The highest BCUT2D eigenvalue weighted by molar-refractivity contribution is 9.12. The van der Waals surface area contributed by atoms with Crippen molar-refractivity contribution in [2.24, 2.45) is 5.73 Å². The molecular formula is C7H9Br2N. The molecule has 0 atom stereocenters. The summed E-state index contributed by atoms with van der Waals surface area (Å²) in [5, 5.41) is 0. The second-order valence-corrected chi connectivity index (χ2v) is 3.66. The molecule has 0 aromatic heterocycles. The van der Waals surface area contributed by atoms with Crippen molar-refractivity contribution in [1.29, 1.82) is 0 Å². The van der Waals surface area contributed by atoms with Gasteiger partial charge in [0.25, 0.3) is 0 Å². The Hall–Kier alpha value is -0.0200. The third kappa shape index (κ3) is 3.90. The van der Waals surface area contributed by atoms with Gasteiger partial charge in [0.05, 0.1) is 0 Å². The van der Waals surface area contributed by atoms with E-state index in [0.717, 1.165) is 14.5 Å². The molecule has 0 heterocycles. The SMILES string of the molecule is C=C(Br)/C=C(C)\C(Br)=C/N. The Morgan fingerprint density at radius 2 is 2.00 bits per heavy atom. The summed E-state index contributed by atoms with van der Waals surface area (Å²) in [6.45, 7) is 5.61. The molecule has 0 spiro atoms. The Morgan fingerprint density at radius 3 is 2.30 bits per heavy atom. The van der Waals surface area contributed by atoms with Crippen LogP contribution in [0.25, 0.3) is 0 Å². The van der Waals surface area contributed by atoms with E-state index in [1.54, 1.807) is 0 Å². The minimum absolute atomic E-state index is 0.837. The molecule has 0 amide bonds. The highest BCUT2D eigenvalue weighted by Crippen LogP contribution is 2.18. The zero-order valence-corrected chi connectivity index (χ0v) is 8.87. The Morgan fingerprint density at radius 1 is 1.50 bits per heavy atom. The molecule has 0 saturated carbocycles. The fourth-order valence-electron chi connectivity index (χ4n) is 0.435. The summed E-state index contributed by atoms with van der Waals surface area (Å²) >= 11 is 6.49. The topological polar surface area (TPSA) is 26.0 Å². The van der Waals surface area contributed by atoms with Gasteiger partial charge in [-0.2, -0.15) is 0 Å². The molecular weight excluding hydrogens is 258 g/mol. The number of hydrogen-bond acceptors (Lipinski definition) is 1.